The minimum atomic E-state index is -0.127. The Bertz CT molecular complexity index is 578. The van der Waals surface area contributed by atoms with Crippen LogP contribution in [0.25, 0.3) is 10.9 Å². The van der Waals surface area contributed by atoms with Crippen molar-refractivity contribution in [3.63, 3.8) is 0 Å². The van der Waals surface area contributed by atoms with Crippen molar-refractivity contribution >= 4 is 16.7 Å². The van der Waals surface area contributed by atoms with E-state index in [0.29, 0.717) is 17.5 Å². The first kappa shape index (κ1) is 9.71. The third kappa shape index (κ3) is 1.38. The summed E-state index contributed by atoms with van der Waals surface area (Å²) >= 11 is 0. The first-order valence-electron chi connectivity index (χ1n) is 4.87. The van der Waals surface area contributed by atoms with Gasteiger partial charge in [0.1, 0.15) is 0 Å². The van der Waals surface area contributed by atoms with E-state index in [9.17, 15) is 9.59 Å². The number of nitrogens with one attached hydrogen (secondary N) is 1. The predicted octanol–water partition coefficient (Wildman–Crippen LogP) is 1.55. The number of H-pyrrole nitrogens is 1. The minimum Gasteiger partial charge on any atom is -0.295 e. The lowest BCUT2D eigenvalue weighted by molar-refractivity contribution is 0.101. The molecule has 4 nitrogen and oxygen atoms in total. The topological polar surface area (TPSA) is 54.9 Å². The monoisotopic (exact) mass is 204 g/mol. The molecule has 0 spiro atoms. The molecule has 2 rings (SSSR count). The normalized spacial score (nSPS) is 10.8. The predicted molar refractivity (Wildman–Crippen MR) is 58.2 cm³/mol. The highest BCUT2D eigenvalue weighted by molar-refractivity contribution is 6.05. The van der Waals surface area contributed by atoms with Crippen molar-refractivity contribution in [3.8, 4) is 0 Å². The molecule has 0 aliphatic heterocycles. The first-order valence-corrected chi connectivity index (χ1v) is 4.87. The Morgan fingerprint density at radius 2 is 2.20 bits per heavy atom. The molecule has 0 radical (unpaired) electrons. The molecule has 0 atom stereocenters. The summed E-state index contributed by atoms with van der Waals surface area (Å²) in [6, 6.07) is 5.25. The van der Waals surface area contributed by atoms with Gasteiger partial charge < -0.3 is 0 Å². The van der Waals surface area contributed by atoms with Gasteiger partial charge in [-0.3, -0.25) is 19.4 Å². The molecule has 1 N–H and O–H groups in total. The highest BCUT2D eigenvalue weighted by atomic mass is 16.1. The van der Waals surface area contributed by atoms with Crippen LogP contribution in [0.2, 0.25) is 0 Å². The molecule has 1 aromatic carbocycles. The molecule has 0 unspecified atom stereocenters. The van der Waals surface area contributed by atoms with Crippen LogP contribution in [0, 0.1) is 0 Å². The summed E-state index contributed by atoms with van der Waals surface area (Å²) in [6.45, 7) is 3.92. The summed E-state index contributed by atoms with van der Waals surface area (Å²) in [6.07, 6.45) is 0. The van der Waals surface area contributed by atoms with Crippen molar-refractivity contribution in [3.05, 3.63) is 34.1 Å². The van der Waals surface area contributed by atoms with E-state index < -0.39 is 0 Å². The third-order valence-corrected chi connectivity index (χ3v) is 2.47. The van der Waals surface area contributed by atoms with Gasteiger partial charge >= 0.3 is 0 Å². The van der Waals surface area contributed by atoms with Gasteiger partial charge in [-0.1, -0.05) is 12.1 Å². The number of carbonyl (C=O) groups excluding carboxylic acids is 1. The van der Waals surface area contributed by atoms with Crippen molar-refractivity contribution in [2.24, 2.45) is 0 Å². The molecule has 15 heavy (non-hydrogen) atoms. The van der Waals surface area contributed by atoms with Gasteiger partial charge in [0.15, 0.2) is 5.78 Å². The molecule has 0 aliphatic rings. The Kier molecular flexibility index (Phi) is 2.19. The van der Waals surface area contributed by atoms with E-state index in [-0.39, 0.29) is 11.3 Å². The zero-order valence-corrected chi connectivity index (χ0v) is 8.70. The fraction of sp³-hybridized carbons (Fsp3) is 0.273. The number of rotatable bonds is 2. The average molecular weight is 204 g/mol. The Balaban J connectivity index is 2.90. The molecule has 1 heterocycles. The fourth-order valence-corrected chi connectivity index (χ4v) is 1.72. The number of Topliss-reactive ketones (excluding diaryl/α,β-unsaturated/α-hetero) is 1. The minimum absolute atomic E-state index is 0.0834. The lowest BCUT2D eigenvalue weighted by atomic mass is 10.1. The fourth-order valence-electron chi connectivity index (χ4n) is 1.72. The van der Waals surface area contributed by atoms with Crippen molar-refractivity contribution in [2.45, 2.75) is 20.4 Å². The van der Waals surface area contributed by atoms with Crippen molar-refractivity contribution < 1.29 is 4.79 Å². The maximum atomic E-state index is 11.9. The molecule has 0 fully saturated rings. The number of benzene rings is 1. The van der Waals surface area contributed by atoms with Crippen LogP contribution in [-0.2, 0) is 6.54 Å². The number of aryl methyl sites for hydroxylation is 1. The van der Waals surface area contributed by atoms with Crippen LogP contribution in [0.15, 0.2) is 23.0 Å². The van der Waals surface area contributed by atoms with Crippen molar-refractivity contribution in [1.29, 1.82) is 0 Å². The van der Waals surface area contributed by atoms with Crippen LogP contribution in [-0.4, -0.2) is 15.6 Å². The number of fused-ring (bicyclic) bond motifs is 1. The molecule has 0 saturated heterocycles. The molecule has 0 bridgehead atoms. The number of hydrogen-bond acceptors (Lipinski definition) is 2. The summed E-state index contributed by atoms with van der Waals surface area (Å²) < 4.78 is 1.50. The Hall–Kier alpha value is -1.84. The summed E-state index contributed by atoms with van der Waals surface area (Å²) in [5.41, 5.74) is 1.08. The molecule has 1 aromatic heterocycles. The van der Waals surface area contributed by atoms with Crippen molar-refractivity contribution in [2.75, 3.05) is 0 Å². The smallest absolute Gasteiger partial charge is 0.275 e. The SMILES string of the molecule is CCn1[nH]c2cccc(C(C)=O)c2c1=O. The molecule has 2 aromatic rings. The summed E-state index contributed by atoms with van der Waals surface area (Å²) in [4.78, 5) is 23.2. The van der Waals surface area contributed by atoms with Gasteiger partial charge in [-0.2, -0.15) is 0 Å². The summed E-state index contributed by atoms with van der Waals surface area (Å²) in [5, 5.41) is 3.45. The summed E-state index contributed by atoms with van der Waals surface area (Å²) in [5.74, 6) is -0.0834. The number of aromatic nitrogens is 2. The van der Waals surface area contributed by atoms with E-state index in [2.05, 4.69) is 5.10 Å². The first-order chi connectivity index (χ1) is 7.15. The van der Waals surface area contributed by atoms with Crippen LogP contribution in [0.4, 0.5) is 0 Å². The van der Waals surface area contributed by atoms with Gasteiger partial charge in [-0.25, -0.2) is 0 Å². The van der Waals surface area contributed by atoms with Crippen LogP contribution in [0.1, 0.15) is 24.2 Å². The molecule has 78 valence electrons. The zero-order valence-electron chi connectivity index (χ0n) is 8.70. The van der Waals surface area contributed by atoms with E-state index in [4.69, 9.17) is 0 Å². The molecular weight excluding hydrogens is 192 g/mol. The average Bonchev–Trinajstić information content (AvgIpc) is 2.55. The lowest BCUT2D eigenvalue weighted by Crippen LogP contribution is -2.16. The van der Waals surface area contributed by atoms with Gasteiger partial charge in [0, 0.05) is 12.1 Å². The van der Waals surface area contributed by atoms with E-state index in [0.717, 1.165) is 5.52 Å². The molecule has 4 heteroatoms. The molecule has 0 saturated carbocycles. The highest BCUT2D eigenvalue weighted by Crippen LogP contribution is 2.13. The van der Waals surface area contributed by atoms with E-state index >= 15 is 0 Å². The second-order valence-electron chi connectivity index (χ2n) is 3.45. The van der Waals surface area contributed by atoms with Crippen LogP contribution in [0.3, 0.4) is 0 Å². The zero-order chi connectivity index (χ0) is 11.0. The van der Waals surface area contributed by atoms with Gasteiger partial charge in [-0.15, -0.1) is 0 Å². The van der Waals surface area contributed by atoms with Crippen LogP contribution >= 0.6 is 0 Å². The Morgan fingerprint density at radius 1 is 1.47 bits per heavy atom. The maximum absolute atomic E-state index is 11.9. The maximum Gasteiger partial charge on any atom is 0.275 e. The number of aromatic amines is 1. The second-order valence-corrected chi connectivity index (χ2v) is 3.45. The standard InChI is InChI=1S/C11H12N2O2/c1-3-13-11(15)10-8(7(2)14)5-4-6-9(10)12-13/h4-6,12H,3H2,1-2H3. The van der Waals surface area contributed by atoms with Gasteiger partial charge in [0.25, 0.3) is 5.56 Å². The highest BCUT2D eigenvalue weighted by Gasteiger charge is 2.12. The van der Waals surface area contributed by atoms with E-state index in [1.807, 2.05) is 6.92 Å². The lowest BCUT2D eigenvalue weighted by Gasteiger charge is -1.94. The largest absolute Gasteiger partial charge is 0.295 e. The molecular formula is C11H12N2O2. The Labute approximate surface area is 86.5 Å². The number of nitrogens with zero attached hydrogens (tertiary/aromatic N) is 1. The van der Waals surface area contributed by atoms with Crippen molar-refractivity contribution in [1.82, 2.24) is 9.78 Å². The number of carbonyl (C=O) groups is 1. The second kappa shape index (κ2) is 3.38. The number of hydrogen-bond donors (Lipinski definition) is 1. The van der Waals surface area contributed by atoms with Gasteiger partial charge in [0.2, 0.25) is 0 Å². The quantitative estimate of drug-likeness (QED) is 0.754. The number of ketones is 1. The van der Waals surface area contributed by atoms with Gasteiger partial charge in [-0.05, 0) is 19.9 Å². The van der Waals surface area contributed by atoms with E-state index in [1.165, 1.54) is 11.6 Å². The molecule has 0 amide bonds. The van der Waals surface area contributed by atoms with Crippen LogP contribution < -0.4 is 5.56 Å². The molecule has 0 aliphatic carbocycles. The third-order valence-electron chi connectivity index (χ3n) is 2.47. The van der Waals surface area contributed by atoms with Gasteiger partial charge in [0.05, 0.1) is 10.9 Å². The Morgan fingerprint density at radius 3 is 2.80 bits per heavy atom. The van der Waals surface area contributed by atoms with E-state index in [1.54, 1.807) is 18.2 Å². The van der Waals surface area contributed by atoms with Crippen LogP contribution in [0.5, 0.6) is 0 Å². The summed E-state index contributed by atoms with van der Waals surface area (Å²) in [7, 11) is 0.